The molecule has 0 nitrogen and oxygen atoms in total. The van der Waals surface area contributed by atoms with Crippen molar-refractivity contribution in [3.05, 3.63) is 82.0 Å². The van der Waals surface area contributed by atoms with Crippen molar-refractivity contribution in [3.8, 4) is 10.4 Å². The Morgan fingerprint density at radius 3 is 2.34 bits per heavy atom. The average Bonchev–Trinajstić information content (AvgIpc) is 3.27. The quantitative estimate of drug-likeness (QED) is 0.363. The molecule has 0 aliphatic heterocycles. The van der Waals surface area contributed by atoms with Crippen LogP contribution in [0.5, 0.6) is 0 Å². The van der Waals surface area contributed by atoms with Gasteiger partial charge >= 0.3 is 0 Å². The van der Waals surface area contributed by atoms with Crippen molar-refractivity contribution in [2.45, 2.75) is 73.1 Å². The van der Waals surface area contributed by atoms with Crippen molar-refractivity contribution < 1.29 is 4.39 Å². The molecule has 0 saturated heterocycles. The maximum absolute atomic E-state index is 13.2. The lowest BCUT2D eigenvalue weighted by molar-refractivity contribution is 0.173. The minimum atomic E-state index is -0.181. The first-order valence-electron chi connectivity index (χ1n) is 12.4. The smallest absolute Gasteiger partial charge is 0.123 e. The number of benzene rings is 2. The van der Waals surface area contributed by atoms with Crippen molar-refractivity contribution in [2.75, 3.05) is 0 Å². The van der Waals surface area contributed by atoms with Crippen molar-refractivity contribution in [2.24, 2.45) is 17.8 Å². The third-order valence-corrected chi connectivity index (χ3v) is 8.49. The van der Waals surface area contributed by atoms with Gasteiger partial charge in [-0.15, -0.1) is 11.3 Å². The lowest BCUT2D eigenvalue weighted by Gasteiger charge is -2.39. The zero-order valence-corrected chi connectivity index (χ0v) is 21.4. The zero-order valence-electron chi connectivity index (χ0n) is 20.6. The third kappa shape index (κ3) is 5.70. The van der Waals surface area contributed by atoms with Gasteiger partial charge in [0.2, 0.25) is 0 Å². The van der Waals surface area contributed by atoms with Gasteiger partial charge in [-0.2, -0.15) is 0 Å². The topological polar surface area (TPSA) is 0 Å². The number of aryl methyl sites for hydroxylation is 1. The summed E-state index contributed by atoms with van der Waals surface area (Å²) in [5, 5.41) is 0. The highest BCUT2D eigenvalue weighted by Gasteiger charge is 2.33. The number of hydrogen-bond acceptors (Lipinski definition) is 1. The lowest BCUT2D eigenvalue weighted by atomic mass is 9.66. The third-order valence-electron chi connectivity index (χ3n) is 7.36. The fourth-order valence-electron chi connectivity index (χ4n) is 5.12. The Balaban J connectivity index is 0.00000141. The molecule has 4 atom stereocenters. The molecule has 1 fully saturated rings. The second-order valence-electron chi connectivity index (χ2n) is 9.32. The van der Waals surface area contributed by atoms with E-state index in [1.165, 1.54) is 57.8 Å². The summed E-state index contributed by atoms with van der Waals surface area (Å²) >= 11 is 1.82. The summed E-state index contributed by atoms with van der Waals surface area (Å²) in [6.07, 6.45) is 4.99. The number of hydrogen-bond donors (Lipinski definition) is 0. The highest BCUT2D eigenvalue weighted by molar-refractivity contribution is 7.15. The van der Waals surface area contributed by atoms with E-state index in [2.05, 4.69) is 58.0 Å². The van der Waals surface area contributed by atoms with Gasteiger partial charge in [-0.05, 0) is 90.0 Å². The van der Waals surface area contributed by atoms with Gasteiger partial charge in [0.15, 0.2) is 0 Å². The second kappa shape index (κ2) is 11.3. The van der Waals surface area contributed by atoms with E-state index in [0.29, 0.717) is 5.92 Å². The Morgan fingerprint density at radius 1 is 0.938 bits per heavy atom. The summed E-state index contributed by atoms with van der Waals surface area (Å²) in [7, 11) is 0. The van der Waals surface area contributed by atoms with Crippen LogP contribution in [0.4, 0.5) is 4.39 Å². The lowest BCUT2D eigenvalue weighted by Crippen LogP contribution is -2.28. The van der Waals surface area contributed by atoms with Gasteiger partial charge in [0.05, 0.1) is 0 Å². The first kappa shape index (κ1) is 24.7. The largest absolute Gasteiger partial charge is 0.207 e. The molecule has 1 saturated carbocycles. The number of thiophene rings is 1. The molecule has 1 heterocycles. The second-order valence-corrected chi connectivity index (χ2v) is 10.5. The van der Waals surface area contributed by atoms with Crippen molar-refractivity contribution in [3.63, 3.8) is 0 Å². The van der Waals surface area contributed by atoms with Crippen molar-refractivity contribution in [1.29, 1.82) is 0 Å². The Labute approximate surface area is 198 Å². The predicted octanol–water partition coefficient (Wildman–Crippen LogP) is 9.66. The predicted molar refractivity (Wildman–Crippen MR) is 139 cm³/mol. The van der Waals surface area contributed by atoms with Gasteiger partial charge in [-0.25, -0.2) is 4.39 Å². The maximum Gasteiger partial charge on any atom is 0.123 e. The Hall–Kier alpha value is -1.93. The number of rotatable bonds is 5. The van der Waals surface area contributed by atoms with E-state index in [1.807, 2.05) is 37.3 Å². The number of halogens is 1. The minimum absolute atomic E-state index is 0.181. The monoisotopic (exact) mass is 450 g/mol. The van der Waals surface area contributed by atoms with Crippen molar-refractivity contribution >= 4 is 11.3 Å². The molecule has 0 bridgehead atoms. The molecule has 0 spiro atoms. The molecule has 0 N–H and O–H groups in total. The molecule has 1 aliphatic carbocycles. The first-order chi connectivity index (χ1) is 15.4. The van der Waals surface area contributed by atoms with Crippen LogP contribution in [-0.4, -0.2) is 0 Å². The molecule has 0 radical (unpaired) electrons. The van der Waals surface area contributed by atoms with E-state index >= 15 is 0 Å². The molecular weight excluding hydrogens is 411 g/mol. The summed E-state index contributed by atoms with van der Waals surface area (Å²) in [5.41, 5.74) is 5.44. The average molecular weight is 451 g/mol. The van der Waals surface area contributed by atoms with Crippen LogP contribution in [-0.2, 0) is 6.42 Å². The van der Waals surface area contributed by atoms with Crippen LogP contribution in [0.3, 0.4) is 0 Å². The normalized spacial score (nSPS) is 22.8. The molecule has 172 valence electrons. The van der Waals surface area contributed by atoms with E-state index in [0.717, 1.165) is 29.7 Å². The molecule has 1 aromatic heterocycles. The minimum Gasteiger partial charge on any atom is -0.207 e. The maximum atomic E-state index is 13.2. The molecule has 3 aromatic rings. The van der Waals surface area contributed by atoms with Gasteiger partial charge in [-0.3, -0.25) is 0 Å². The van der Waals surface area contributed by atoms with Gasteiger partial charge in [0.25, 0.3) is 0 Å². The molecule has 0 amide bonds. The highest BCUT2D eigenvalue weighted by atomic mass is 32.1. The first-order valence-corrected chi connectivity index (χ1v) is 13.2. The SMILES string of the molecule is CC.CCC1CC(C)[C@@H](C)C(c2ccc(C)c(Cc3ccc(-c4ccc(F)cc4)s3)c2)C1. The summed E-state index contributed by atoms with van der Waals surface area (Å²) in [5.74, 6) is 2.90. The fourth-order valence-corrected chi connectivity index (χ4v) is 6.16. The van der Waals surface area contributed by atoms with E-state index in [1.54, 1.807) is 0 Å². The summed E-state index contributed by atoms with van der Waals surface area (Å²) in [6, 6.07) is 18.4. The summed E-state index contributed by atoms with van der Waals surface area (Å²) in [4.78, 5) is 2.57. The standard InChI is InChI=1S/C28H33FS.C2H6/c1-5-21-14-19(3)20(4)27(15-21)23-7-6-18(2)24(16-23)17-26-12-13-28(30-26)22-8-10-25(29)11-9-22;1-2/h6-13,16,19-21,27H,5,14-15,17H2,1-4H3;1-2H3/t19?,20-,21?,27?;/m1./s1. The summed E-state index contributed by atoms with van der Waals surface area (Å²) in [6.45, 7) is 13.5. The van der Waals surface area contributed by atoms with Gasteiger partial charge in [-0.1, -0.05) is 71.4 Å². The van der Waals surface area contributed by atoms with Crippen molar-refractivity contribution in [1.82, 2.24) is 0 Å². The van der Waals surface area contributed by atoms with E-state index < -0.39 is 0 Å². The van der Waals surface area contributed by atoms with Crippen LogP contribution in [0.2, 0.25) is 0 Å². The summed E-state index contributed by atoms with van der Waals surface area (Å²) < 4.78 is 13.2. The molecule has 32 heavy (non-hydrogen) atoms. The van der Waals surface area contributed by atoms with E-state index in [4.69, 9.17) is 0 Å². The Morgan fingerprint density at radius 2 is 1.66 bits per heavy atom. The molecule has 4 rings (SSSR count). The van der Waals surface area contributed by atoms with Gasteiger partial charge in [0, 0.05) is 16.2 Å². The van der Waals surface area contributed by atoms with Crippen LogP contribution in [0.15, 0.2) is 54.6 Å². The molecule has 1 aliphatic rings. The van der Waals surface area contributed by atoms with Crippen LogP contribution < -0.4 is 0 Å². The Bertz CT molecular complexity index is 984. The van der Waals surface area contributed by atoms with Crippen LogP contribution in [0.1, 0.15) is 81.4 Å². The Kier molecular flexibility index (Phi) is 8.71. The van der Waals surface area contributed by atoms with E-state index in [-0.39, 0.29) is 5.82 Å². The highest BCUT2D eigenvalue weighted by Crippen LogP contribution is 2.45. The van der Waals surface area contributed by atoms with Crippen LogP contribution in [0.25, 0.3) is 10.4 Å². The molecule has 2 aromatic carbocycles. The molecule has 3 unspecified atom stereocenters. The zero-order chi connectivity index (χ0) is 23.3. The molecular formula is C30H39FS. The fraction of sp³-hybridized carbons (Fsp3) is 0.467. The van der Waals surface area contributed by atoms with Gasteiger partial charge < -0.3 is 0 Å². The van der Waals surface area contributed by atoms with Crippen LogP contribution in [0, 0.1) is 30.5 Å². The van der Waals surface area contributed by atoms with E-state index in [9.17, 15) is 4.39 Å². The van der Waals surface area contributed by atoms with Crippen LogP contribution >= 0.6 is 11.3 Å². The molecule has 2 heteroatoms. The van der Waals surface area contributed by atoms with Gasteiger partial charge in [0.1, 0.15) is 5.82 Å².